The molecule has 0 amide bonds. The monoisotopic (exact) mass is 345 g/mol. The Hall–Kier alpha value is -2.21. The molecule has 0 aliphatic rings. The van der Waals surface area contributed by atoms with E-state index in [-0.39, 0.29) is 5.56 Å². The van der Waals surface area contributed by atoms with Crippen molar-refractivity contribution in [3.05, 3.63) is 51.9 Å². The number of imidazole rings is 1. The molecule has 1 N–H and O–H groups in total. The molecule has 0 radical (unpaired) electrons. The summed E-state index contributed by atoms with van der Waals surface area (Å²) in [6, 6.07) is 5.52. The minimum Gasteiger partial charge on any atom is -0.478 e. The van der Waals surface area contributed by atoms with Gasteiger partial charge in [-0.1, -0.05) is 0 Å². The molecule has 0 spiro atoms. The van der Waals surface area contributed by atoms with Crippen molar-refractivity contribution in [1.82, 2.24) is 14.5 Å². The number of hydrogen-bond donors (Lipinski definition) is 1. The number of aryl methyl sites for hydroxylation is 2. The lowest BCUT2D eigenvalue weighted by atomic mass is 10.1. The van der Waals surface area contributed by atoms with Crippen molar-refractivity contribution in [2.24, 2.45) is 0 Å². The highest BCUT2D eigenvalue weighted by atomic mass is 79.9. The summed E-state index contributed by atoms with van der Waals surface area (Å²) in [5.74, 6) is -0.666. The van der Waals surface area contributed by atoms with Gasteiger partial charge in [-0.25, -0.2) is 14.8 Å². The molecule has 0 fully saturated rings. The van der Waals surface area contributed by atoms with Crippen LogP contribution in [0.15, 0.2) is 35.2 Å². The van der Waals surface area contributed by atoms with Crippen LogP contribution in [-0.4, -0.2) is 25.6 Å². The number of benzene rings is 1. The van der Waals surface area contributed by atoms with Gasteiger partial charge in [0, 0.05) is 10.7 Å². The minimum absolute atomic E-state index is 0.127. The fraction of sp³-hybridized carbons (Fsp3) is 0.133. The lowest BCUT2D eigenvalue weighted by Gasteiger charge is -2.08. The van der Waals surface area contributed by atoms with Gasteiger partial charge in [0.25, 0.3) is 0 Å². The van der Waals surface area contributed by atoms with Crippen LogP contribution in [0.3, 0.4) is 0 Å². The quantitative estimate of drug-likeness (QED) is 0.771. The van der Waals surface area contributed by atoms with E-state index in [0.29, 0.717) is 10.3 Å². The van der Waals surface area contributed by atoms with Gasteiger partial charge in [-0.05, 0) is 59.1 Å². The molecule has 3 aromatic rings. The number of nitrogens with zero attached hydrogens (tertiary/aromatic N) is 3. The number of halogens is 1. The summed E-state index contributed by atoms with van der Waals surface area (Å²) in [6.45, 7) is 4.04. The van der Waals surface area contributed by atoms with E-state index in [1.165, 1.54) is 6.07 Å². The van der Waals surface area contributed by atoms with E-state index in [1.807, 2.05) is 26.0 Å². The molecule has 5 nitrogen and oxygen atoms in total. The van der Waals surface area contributed by atoms with Gasteiger partial charge in [0.05, 0.1) is 11.0 Å². The van der Waals surface area contributed by atoms with Gasteiger partial charge in [-0.3, -0.25) is 4.57 Å². The van der Waals surface area contributed by atoms with Gasteiger partial charge in [0.1, 0.15) is 11.9 Å². The average molecular weight is 346 g/mol. The molecule has 0 saturated carbocycles. The number of carbonyl (C=O) groups is 1. The molecule has 0 unspecified atom stereocenters. The van der Waals surface area contributed by atoms with Crippen LogP contribution in [-0.2, 0) is 0 Å². The van der Waals surface area contributed by atoms with Crippen molar-refractivity contribution >= 4 is 32.9 Å². The van der Waals surface area contributed by atoms with Gasteiger partial charge in [-0.2, -0.15) is 0 Å². The maximum Gasteiger partial charge on any atom is 0.339 e. The highest BCUT2D eigenvalue weighted by Crippen LogP contribution is 2.24. The average Bonchev–Trinajstić information content (AvgIpc) is 2.82. The number of rotatable bonds is 2. The Morgan fingerprint density at radius 3 is 2.62 bits per heavy atom. The summed E-state index contributed by atoms with van der Waals surface area (Å²) in [7, 11) is 0. The molecular weight excluding hydrogens is 334 g/mol. The van der Waals surface area contributed by atoms with E-state index in [2.05, 4.69) is 25.9 Å². The Bertz CT molecular complexity index is 871. The van der Waals surface area contributed by atoms with Crippen LogP contribution in [0.25, 0.3) is 16.9 Å². The van der Waals surface area contributed by atoms with E-state index in [9.17, 15) is 9.90 Å². The minimum atomic E-state index is -1.02. The summed E-state index contributed by atoms with van der Waals surface area (Å²) >= 11 is 3.25. The Balaban J connectivity index is 2.31. The highest BCUT2D eigenvalue weighted by Gasteiger charge is 2.16. The third-order valence-corrected chi connectivity index (χ3v) is 3.89. The van der Waals surface area contributed by atoms with E-state index in [0.717, 1.165) is 22.2 Å². The summed E-state index contributed by atoms with van der Waals surface area (Å²) in [6.07, 6.45) is 3.18. The molecule has 106 valence electrons. The fourth-order valence-electron chi connectivity index (χ4n) is 2.21. The Morgan fingerprint density at radius 2 is 1.90 bits per heavy atom. The number of aromatic carboxylic acids is 1. The molecule has 2 heterocycles. The largest absolute Gasteiger partial charge is 0.478 e. The van der Waals surface area contributed by atoms with E-state index >= 15 is 0 Å². The van der Waals surface area contributed by atoms with Gasteiger partial charge < -0.3 is 5.11 Å². The van der Waals surface area contributed by atoms with Crippen LogP contribution < -0.4 is 0 Å². The topological polar surface area (TPSA) is 68.0 Å². The van der Waals surface area contributed by atoms with Crippen molar-refractivity contribution in [1.29, 1.82) is 0 Å². The molecule has 21 heavy (non-hydrogen) atoms. The van der Waals surface area contributed by atoms with Crippen molar-refractivity contribution in [2.45, 2.75) is 13.8 Å². The van der Waals surface area contributed by atoms with Crippen LogP contribution >= 0.6 is 15.9 Å². The van der Waals surface area contributed by atoms with Crippen LogP contribution in [0.4, 0.5) is 0 Å². The second-order valence-electron chi connectivity index (χ2n) is 4.87. The van der Waals surface area contributed by atoms with Crippen molar-refractivity contribution in [3.63, 3.8) is 0 Å². The smallest absolute Gasteiger partial charge is 0.339 e. The first-order valence-corrected chi connectivity index (χ1v) is 7.10. The van der Waals surface area contributed by atoms with E-state index in [4.69, 9.17) is 0 Å². The summed E-state index contributed by atoms with van der Waals surface area (Å²) < 4.78 is 2.33. The molecule has 0 aliphatic heterocycles. The lowest BCUT2D eigenvalue weighted by molar-refractivity contribution is 0.0696. The van der Waals surface area contributed by atoms with Gasteiger partial charge in [0.2, 0.25) is 0 Å². The van der Waals surface area contributed by atoms with E-state index < -0.39 is 5.97 Å². The second kappa shape index (κ2) is 4.96. The maximum atomic E-state index is 11.4. The SMILES string of the molecule is Cc1cc2ncn(-c3ncc(Br)cc3C(=O)O)c2cc1C. The lowest BCUT2D eigenvalue weighted by Crippen LogP contribution is -2.07. The Morgan fingerprint density at radius 1 is 1.19 bits per heavy atom. The van der Waals surface area contributed by atoms with Crippen LogP contribution in [0.5, 0.6) is 0 Å². The van der Waals surface area contributed by atoms with Crippen molar-refractivity contribution in [3.8, 4) is 5.82 Å². The molecule has 0 aliphatic carbocycles. The molecule has 1 aromatic carbocycles. The molecule has 0 bridgehead atoms. The third-order valence-electron chi connectivity index (χ3n) is 3.45. The molecule has 2 aromatic heterocycles. The number of aromatic nitrogens is 3. The Kier molecular flexibility index (Phi) is 3.25. The molecule has 6 heteroatoms. The highest BCUT2D eigenvalue weighted by molar-refractivity contribution is 9.10. The van der Waals surface area contributed by atoms with Crippen LogP contribution in [0.2, 0.25) is 0 Å². The first-order valence-electron chi connectivity index (χ1n) is 6.31. The summed E-state index contributed by atoms with van der Waals surface area (Å²) in [5, 5.41) is 9.37. The van der Waals surface area contributed by atoms with Crippen LogP contribution in [0.1, 0.15) is 21.5 Å². The number of hydrogen-bond acceptors (Lipinski definition) is 3. The predicted molar refractivity (Wildman–Crippen MR) is 83.0 cm³/mol. The number of carboxylic acid groups (broad SMARTS) is 1. The Labute approximate surface area is 129 Å². The predicted octanol–water partition coefficient (Wildman–Crippen LogP) is 3.50. The zero-order valence-electron chi connectivity index (χ0n) is 11.5. The van der Waals surface area contributed by atoms with Gasteiger partial charge >= 0.3 is 5.97 Å². The molecule has 3 rings (SSSR count). The van der Waals surface area contributed by atoms with Gasteiger partial charge in [0.15, 0.2) is 5.82 Å². The first kappa shape index (κ1) is 13.8. The number of carboxylic acids is 1. The first-order chi connectivity index (χ1) is 9.97. The number of fused-ring (bicyclic) bond motifs is 1. The van der Waals surface area contributed by atoms with Crippen LogP contribution in [0, 0.1) is 13.8 Å². The van der Waals surface area contributed by atoms with Crippen molar-refractivity contribution in [2.75, 3.05) is 0 Å². The standard InChI is InChI=1S/C15H12BrN3O2/c1-8-3-12-13(4-9(8)2)19(7-18-12)14-11(15(20)21)5-10(16)6-17-14/h3-7H,1-2H3,(H,20,21). The molecular formula is C15H12BrN3O2. The summed E-state index contributed by atoms with van der Waals surface area (Å²) in [5.41, 5.74) is 4.06. The number of pyridine rings is 1. The summed E-state index contributed by atoms with van der Waals surface area (Å²) in [4.78, 5) is 20.0. The normalized spacial score (nSPS) is 11.0. The zero-order valence-corrected chi connectivity index (χ0v) is 13.0. The van der Waals surface area contributed by atoms with Crippen molar-refractivity contribution < 1.29 is 9.90 Å². The molecule has 0 atom stereocenters. The maximum absolute atomic E-state index is 11.4. The fourth-order valence-corrected chi connectivity index (χ4v) is 2.55. The molecule has 0 saturated heterocycles. The van der Waals surface area contributed by atoms with E-state index in [1.54, 1.807) is 17.1 Å². The second-order valence-corrected chi connectivity index (χ2v) is 5.79. The third kappa shape index (κ3) is 2.31. The van der Waals surface area contributed by atoms with Gasteiger partial charge in [-0.15, -0.1) is 0 Å². The zero-order chi connectivity index (χ0) is 15.1.